The van der Waals surface area contributed by atoms with Gasteiger partial charge in [0, 0.05) is 33.4 Å². The summed E-state index contributed by atoms with van der Waals surface area (Å²) < 4.78 is 21.1. The van der Waals surface area contributed by atoms with E-state index >= 15 is 0 Å². The van der Waals surface area contributed by atoms with Crippen molar-refractivity contribution in [1.82, 2.24) is 0 Å². The van der Waals surface area contributed by atoms with Gasteiger partial charge in [0.2, 0.25) is 0 Å². The number of hydrogen-bond acceptors (Lipinski definition) is 8. The average molecular weight is 505 g/mol. The Kier molecular flexibility index (Phi) is 14.2. The predicted molar refractivity (Wildman–Crippen MR) is 139 cm³/mol. The minimum atomic E-state index is -0.343. The third kappa shape index (κ3) is 11.2. The monoisotopic (exact) mass is 504 g/mol. The van der Waals surface area contributed by atoms with Gasteiger partial charge in [-0.2, -0.15) is 0 Å². The van der Waals surface area contributed by atoms with Crippen molar-refractivity contribution in [2.24, 2.45) is 0 Å². The van der Waals surface area contributed by atoms with Gasteiger partial charge in [-0.3, -0.25) is 0 Å². The van der Waals surface area contributed by atoms with Gasteiger partial charge < -0.3 is 18.9 Å². The number of hydrogen-bond donors (Lipinski definition) is 0. The molecule has 0 aliphatic heterocycles. The van der Waals surface area contributed by atoms with E-state index in [9.17, 15) is 9.59 Å². The van der Waals surface area contributed by atoms with Gasteiger partial charge in [0.05, 0.1) is 26.4 Å². The topological polar surface area (TPSA) is 71.1 Å². The van der Waals surface area contributed by atoms with Crippen molar-refractivity contribution in [1.29, 1.82) is 0 Å². The van der Waals surface area contributed by atoms with Crippen LogP contribution in [-0.2, 0) is 28.5 Å². The molecule has 0 aromatic heterocycles. The highest BCUT2D eigenvalue weighted by Gasteiger charge is 2.04. The molecule has 2 aromatic rings. The lowest BCUT2D eigenvalue weighted by Gasteiger charge is -2.09. The van der Waals surface area contributed by atoms with Gasteiger partial charge in [-0.15, -0.1) is 23.5 Å². The van der Waals surface area contributed by atoms with Gasteiger partial charge in [-0.25, -0.2) is 9.59 Å². The fourth-order valence-electron chi connectivity index (χ4n) is 2.85. The molecule has 0 saturated carbocycles. The van der Waals surface area contributed by atoms with Crippen molar-refractivity contribution in [3.8, 4) is 0 Å². The van der Waals surface area contributed by atoms with Crippen LogP contribution in [0, 0.1) is 0 Å². The molecule has 0 aliphatic carbocycles. The number of thioether (sulfide) groups is 2. The molecule has 0 aliphatic rings. The van der Waals surface area contributed by atoms with Crippen LogP contribution >= 0.6 is 23.5 Å². The molecule has 0 heterocycles. The van der Waals surface area contributed by atoms with Crippen LogP contribution in [0.4, 0.5) is 0 Å². The standard InChI is InChI=1S/C26H32O6S2/c1-3-6-25(27)31-14-12-29-16-18-33-22-10-11-23-21(20-22)8-5-9-24(23)34-19-17-30-13-15-32-26(28)7-4-2/h3-11,20H,12-19H2,1-2H3. The third-order valence-corrected chi connectivity index (χ3v) is 6.34. The number of esters is 2. The molecule has 8 heteroatoms. The normalized spacial score (nSPS) is 11.5. The van der Waals surface area contributed by atoms with Crippen LogP contribution in [0.2, 0.25) is 0 Å². The second-order valence-electron chi connectivity index (χ2n) is 6.90. The Bertz CT molecular complexity index is 957. The van der Waals surface area contributed by atoms with E-state index < -0.39 is 0 Å². The maximum Gasteiger partial charge on any atom is 0.330 e. The molecular formula is C26H32O6S2. The quantitative estimate of drug-likeness (QED) is 0.132. The molecule has 0 radical (unpaired) electrons. The molecule has 0 amide bonds. The SMILES string of the molecule is CC=CC(=O)OCCOCCSc1ccc2c(SCCOCCOC(=O)C=CC)cccc2c1. The van der Waals surface area contributed by atoms with Gasteiger partial charge in [0.25, 0.3) is 0 Å². The van der Waals surface area contributed by atoms with E-state index in [1.165, 1.54) is 32.7 Å². The highest BCUT2D eigenvalue weighted by Crippen LogP contribution is 2.31. The Morgan fingerprint density at radius 1 is 0.765 bits per heavy atom. The van der Waals surface area contributed by atoms with Gasteiger partial charge in [-0.1, -0.05) is 30.4 Å². The smallest absolute Gasteiger partial charge is 0.330 e. The fraction of sp³-hybridized carbons (Fsp3) is 0.385. The number of allylic oxidation sites excluding steroid dienone is 2. The predicted octanol–water partition coefficient (Wildman–Crippen LogP) is 5.30. The fourth-order valence-corrected chi connectivity index (χ4v) is 4.60. The summed E-state index contributed by atoms with van der Waals surface area (Å²) in [6.07, 6.45) is 6.08. The van der Waals surface area contributed by atoms with Gasteiger partial charge in [0.15, 0.2) is 0 Å². The zero-order valence-corrected chi connectivity index (χ0v) is 21.3. The van der Waals surface area contributed by atoms with Crippen LogP contribution in [0.3, 0.4) is 0 Å². The van der Waals surface area contributed by atoms with Gasteiger partial charge in [0.1, 0.15) is 13.2 Å². The Morgan fingerprint density at radius 2 is 1.38 bits per heavy atom. The minimum absolute atomic E-state index is 0.262. The van der Waals surface area contributed by atoms with Crippen molar-refractivity contribution in [3.63, 3.8) is 0 Å². The Morgan fingerprint density at radius 3 is 2.00 bits per heavy atom. The molecule has 2 aromatic carbocycles. The Hall–Kier alpha value is -2.26. The number of ether oxygens (including phenoxy) is 4. The molecule has 2 rings (SSSR count). The molecule has 0 spiro atoms. The number of rotatable bonds is 16. The first-order valence-corrected chi connectivity index (χ1v) is 13.1. The highest BCUT2D eigenvalue weighted by molar-refractivity contribution is 7.99. The average Bonchev–Trinajstić information content (AvgIpc) is 2.83. The first-order valence-electron chi connectivity index (χ1n) is 11.2. The lowest BCUT2D eigenvalue weighted by molar-refractivity contribution is -0.140. The zero-order chi connectivity index (χ0) is 24.4. The van der Waals surface area contributed by atoms with Crippen LogP contribution < -0.4 is 0 Å². The molecule has 34 heavy (non-hydrogen) atoms. The first-order chi connectivity index (χ1) is 16.6. The third-order valence-electron chi connectivity index (χ3n) is 4.34. The maximum atomic E-state index is 11.2. The van der Waals surface area contributed by atoms with Crippen molar-refractivity contribution in [3.05, 3.63) is 60.7 Å². The molecule has 184 valence electrons. The number of benzene rings is 2. The van der Waals surface area contributed by atoms with Crippen LogP contribution in [-0.4, -0.2) is 63.1 Å². The number of carbonyl (C=O) groups excluding carboxylic acids is 2. The summed E-state index contributed by atoms with van der Waals surface area (Å²) in [6, 6.07) is 12.8. The van der Waals surface area contributed by atoms with E-state index in [2.05, 4.69) is 36.4 Å². The largest absolute Gasteiger partial charge is 0.460 e. The van der Waals surface area contributed by atoms with E-state index in [1.54, 1.807) is 49.5 Å². The maximum absolute atomic E-state index is 11.2. The summed E-state index contributed by atoms with van der Waals surface area (Å²) >= 11 is 3.49. The van der Waals surface area contributed by atoms with E-state index in [0.29, 0.717) is 26.4 Å². The van der Waals surface area contributed by atoms with E-state index in [0.717, 1.165) is 11.5 Å². The van der Waals surface area contributed by atoms with Crippen LogP contribution in [0.1, 0.15) is 13.8 Å². The molecule has 0 saturated heterocycles. The number of fused-ring (bicyclic) bond motifs is 1. The van der Waals surface area contributed by atoms with Gasteiger partial charge in [-0.05, 0) is 42.8 Å². The van der Waals surface area contributed by atoms with Crippen molar-refractivity contribution < 1.29 is 28.5 Å². The lowest BCUT2D eigenvalue weighted by Crippen LogP contribution is -2.09. The summed E-state index contributed by atoms with van der Waals surface area (Å²) in [4.78, 5) is 24.8. The van der Waals surface area contributed by atoms with Crippen molar-refractivity contribution >= 4 is 46.2 Å². The van der Waals surface area contributed by atoms with E-state index in [-0.39, 0.29) is 25.2 Å². The number of carbonyl (C=O) groups is 2. The summed E-state index contributed by atoms with van der Waals surface area (Å²) in [7, 11) is 0. The molecule has 0 bridgehead atoms. The molecule has 0 fully saturated rings. The zero-order valence-electron chi connectivity index (χ0n) is 19.7. The summed E-state index contributed by atoms with van der Waals surface area (Å²) in [5.74, 6) is 0.957. The first kappa shape index (κ1) is 28.0. The summed E-state index contributed by atoms with van der Waals surface area (Å²) in [6.45, 7) is 6.04. The van der Waals surface area contributed by atoms with Gasteiger partial charge >= 0.3 is 11.9 Å². The minimum Gasteiger partial charge on any atom is -0.460 e. The molecule has 6 nitrogen and oxygen atoms in total. The summed E-state index contributed by atoms with van der Waals surface area (Å²) in [5, 5.41) is 2.42. The molecular weight excluding hydrogens is 472 g/mol. The van der Waals surface area contributed by atoms with Crippen LogP contribution in [0.15, 0.2) is 70.5 Å². The Balaban J connectivity index is 1.67. The second-order valence-corrected chi connectivity index (χ2v) is 9.20. The second kappa shape index (κ2) is 17.2. The van der Waals surface area contributed by atoms with Crippen LogP contribution in [0.5, 0.6) is 0 Å². The van der Waals surface area contributed by atoms with Crippen LogP contribution in [0.25, 0.3) is 10.8 Å². The molecule has 0 N–H and O–H groups in total. The Labute approximate surface area is 210 Å². The highest BCUT2D eigenvalue weighted by atomic mass is 32.2. The van der Waals surface area contributed by atoms with E-state index in [4.69, 9.17) is 18.9 Å². The van der Waals surface area contributed by atoms with E-state index in [1.807, 2.05) is 0 Å². The van der Waals surface area contributed by atoms with Crippen molar-refractivity contribution in [2.75, 3.05) is 51.1 Å². The summed E-state index contributed by atoms with van der Waals surface area (Å²) in [5.41, 5.74) is 0. The van der Waals surface area contributed by atoms with Crippen molar-refractivity contribution in [2.45, 2.75) is 23.6 Å². The lowest BCUT2D eigenvalue weighted by atomic mass is 10.1. The molecule has 0 atom stereocenters. The molecule has 0 unspecified atom stereocenters.